The first-order valence-corrected chi connectivity index (χ1v) is 7.77. The summed E-state index contributed by atoms with van der Waals surface area (Å²) in [5.74, 6) is 0. The van der Waals surface area contributed by atoms with Crippen molar-refractivity contribution in [2.45, 2.75) is 11.1 Å². The molecule has 0 saturated heterocycles. The lowest BCUT2D eigenvalue weighted by Gasteiger charge is -2.05. The Balaban J connectivity index is 1.95. The van der Waals surface area contributed by atoms with Gasteiger partial charge in [0, 0.05) is 4.88 Å². The molecule has 0 atom stereocenters. The molecule has 0 aliphatic carbocycles. The second kappa shape index (κ2) is 4.36. The zero-order valence-corrected chi connectivity index (χ0v) is 11.6. The Labute approximate surface area is 114 Å². The van der Waals surface area contributed by atoms with Crippen molar-refractivity contribution in [1.82, 2.24) is 4.98 Å². The molecule has 19 heavy (non-hydrogen) atoms. The van der Waals surface area contributed by atoms with Crippen molar-refractivity contribution in [2.24, 2.45) is 0 Å². The highest BCUT2D eigenvalue weighted by molar-refractivity contribution is 7.94. The molecule has 5 nitrogen and oxygen atoms in total. The fourth-order valence-corrected chi connectivity index (χ4v) is 4.02. The van der Waals surface area contributed by atoms with Crippen LogP contribution in [0.5, 0.6) is 0 Å². The van der Waals surface area contributed by atoms with Crippen molar-refractivity contribution in [2.75, 3.05) is 4.72 Å². The van der Waals surface area contributed by atoms with Gasteiger partial charge < -0.3 is 4.42 Å². The molecule has 0 fully saturated rings. The summed E-state index contributed by atoms with van der Waals surface area (Å²) in [5.41, 5.74) is 1.70. The van der Waals surface area contributed by atoms with Gasteiger partial charge in [0.25, 0.3) is 10.0 Å². The third kappa shape index (κ3) is 2.34. The first kappa shape index (κ1) is 12.2. The van der Waals surface area contributed by atoms with E-state index in [1.165, 1.54) is 17.7 Å². The molecule has 0 bridgehead atoms. The van der Waals surface area contributed by atoms with Gasteiger partial charge in [-0.1, -0.05) is 0 Å². The van der Waals surface area contributed by atoms with Gasteiger partial charge in [-0.15, -0.1) is 11.3 Å². The van der Waals surface area contributed by atoms with Gasteiger partial charge in [-0.05, 0) is 37.3 Å². The number of fused-ring (bicyclic) bond motifs is 1. The Bertz CT molecular complexity index is 833. The number of anilines is 1. The molecule has 1 N–H and O–H groups in total. The highest BCUT2D eigenvalue weighted by Gasteiger charge is 2.16. The van der Waals surface area contributed by atoms with Crippen LogP contribution in [0.25, 0.3) is 11.1 Å². The summed E-state index contributed by atoms with van der Waals surface area (Å²) in [6.45, 7) is 1.87. The quantitative estimate of drug-likeness (QED) is 0.806. The van der Waals surface area contributed by atoms with Gasteiger partial charge in [0.1, 0.15) is 9.73 Å². The minimum Gasteiger partial charge on any atom is -0.443 e. The SMILES string of the molecule is Cc1ccc(S(=O)(=O)Nc2ccc3ocnc3c2)s1. The predicted octanol–water partition coefficient (Wildman–Crippen LogP) is 3.00. The minimum atomic E-state index is -3.53. The molecule has 0 spiro atoms. The number of hydrogen-bond acceptors (Lipinski definition) is 5. The maximum absolute atomic E-state index is 12.1. The fourth-order valence-electron chi connectivity index (χ4n) is 1.68. The summed E-state index contributed by atoms with van der Waals surface area (Å²) in [4.78, 5) is 4.94. The standard InChI is InChI=1S/C12H10N2O3S2/c1-8-2-5-12(18-8)19(15,16)14-9-3-4-11-10(6-9)13-7-17-11/h2-7,14H,1H3. The highest BCUT2D eigenvalue weighted by atomic mass is 32.2. The van der Waals surface area contributed by atoms with Crippen molar-refractivity contribution in [3.63, 3.8) is 0 Å². The first-order valence-electron chi connectivity index (χ1n) is 5.47. The molecule has 7 heteroatoms. The Morgan fingerprint density at radius 1 is 1.26 bits per heavy atom. The van der Waals surface area contributed by atoms with Crippen LogP contribution in [-0.4, -0.2) is 13.4 Å². The van der Waals surface area contributed by atoms with Gasteiger partial charge in [-0.25, -0.2) is 13.4 Å². The zero-order valence-electron chi connectivity index (χ0n) is 9.95. The van der Waals surface area contributed by atoms with Crippen molar-refractivity contribution in [1.29, 1.82) is 0 Å². The molecule has 0 aliphatic heterocycles. The number of rotatable bonds is 3. The van der Waals surface area contributed by atoms with E-state index in [-0.39, 0.29) is 0 Å². The third-order valence-corrected chi connectivity index (χ3v) is 5.44. The van der Waals surface area contributed by atoms with Gasteiger partial charge in [-0.3, -0.25) is 4.72 Å². The van der Waals surface area contributed by atoms with Crippen molar-refractivity contribution < 1.29 is 12.8 Å². The van der Waals surface area contributed by atoms with Crippen LogP contribution in [0.3, 0.4) is 0 Å². The maximum atomic E-state index is 12.1. The van der Waals surface area contributed by atoms with E-state index in [9.17, 15) is 8.42 Å². The number of hydrogen-bond donors (Lipinski definition) is 1. The van der Waals surface area contributed by atoms with E-state index in [1.807, 2.05) is 6.92 Å². The number of aromatic nitrogens is 1. The van der Waals surface area contributed by atoms with E-state index in [4.69, 9.17) is 4.42 Å². The van der Waals surface area contributed by atoms with Crippen molar-refractivity contribution >= 4 is 38.1 Å². The average Bonchev–Trinajstić information content (AvgIpc) is 2.96. The van der Waals surface area contributed by atoms with E-state index in [0.717, 1.165) is 4.88 Å². The lowest BCUT2D eigenvalue weighted by atomic mass is 10.3. The van der Waals surface area contributed by atoms with Gasteiger partial charge in [0.2, 0.25) is 0 Å². The van der Waals surface area contributed by atoms with Crippen molar-refractivity contribution in [3.05, 3.63) is 41.6 Å². The number of benzene rings is 1. The second-order valence-electron chi connectivity index (χ2n) is 4.01. The number of nitrogens with one attached hydrogen (secondary N) is 1. The monoisotopic (exact) mass is 294 g/mol. The molecule has 2 aromatic heterocycles. The largest absolute Gasteiger partial charge is 0.443 e. The lowest BCUT2D eigenvalue weighted by molar-refractivity contribution is 0.601. The minimum absolute atomic E-state index is 0.297. The second-order valence-corrected chi connectivity index (χ2v) is 7.20. The predicted molar refractivity (Wildman–Crippen MR) is 73.9 cm³/mol. The molecule has 0 amide bonds. The molecule has 2 heterocycles. The molecule has 1 aromatic carbocycles. The zero-order chi connectivity index (χ0) is 13.5. The van der Waals surface area contributed by atoms with Gasteiger partial charge in [0.05, 0.1) is 5.69 Å². The summed E-state index contributed by atoms with van der Waals surface area (Å²) in [6, 6.07) is 8.33. The topological polar surface area (TPSA) is 72.2 Å². The fraction of sp³-hybridized carbons (Fsp3) is 0.0833. The Hall–Kier alpha value is -1.86. The van der Waals surface area contributed by atoms with Crippen LogP contribution < -0.4 is 4.72 Å². The Morgan fingerprint density at radius 2 is 2.11 bits per heavy atom. The average molecular weight is 294 g/mol. The number of nitrogens with zero attached hydrogens (tertiary/aromatic N) is 1. The van der Waals surface area contributed by atoms with Gasteiger partial charge in [-0.2, -0.15) is 0 Å². The summed E-state index contributed by atoms with van der Waals surface area (Å²) in [6.07, 6.45) is 1.32. The molecule has 0 saturated carbocycles. The van der Waals surface area contributed by atoms with Gasteiger partial charge in [0.15, 0.2) is 12.0 Å². The number of aryl methyl sites for hydroxylation is 1. The van der Waals surface area contributed by atoms with E-state index in [1.54, 1.807) is 30.3 Å². The van der Waals surface area contributed by atoms with Crippen LogP contribution in [0.2, 0.25) is 0 Å². The van der Waals surface area contributed by atoms with E-state index in [0.29, 0.717) is 21.0 Å². The Morgan fingerprint density at radius 3 is 2.84 bits per heavy atom. The third-order valence-electron chi connectivity index (χ3n) is 2.56. The smallest absolute Gasteiger partial charge is 0.271 e. The summed E-state index contributed by atoms with van der Waals surface area (Å²) in [5, 5.41) is 0. The summed E-state index contributed by atoms with van der Waals surface area (Å²) >= 11 is 1.23. The molecular weight excluding hydrogens is 284 g/mol. The maximum Gasteiger partial charge on any atom is 0.271 e. The molecule has 0 aliphatic rings. The molecule has 3 rings (SSSR count). The number of thiophene rings is 1. The van der Waals surface area contributed by atoms with Gasteiger partial charge >= 0.3 is 0 Å². The van der Waals surface area contributed by atoms with Crippen LogP contribution in [0.1, 0.15) is 4.88 Å². The number of oxazole rings is 1. The van der Waals surface area contributed by atoms with Crippen LogP contribution >= 0.6 is 11.3 Å². The first-order chi connectivity index (χ1) is 9.04. The summed E-state index contributed by atoms with van der Waals surface area (Å²) < 4.78 is 32.2. The molecule has 0 radical (unpaired) electrons. The van der Waals surface area contributed by atoms with E-state index in [2.05, 4.69) is 9.71 Å². The van der Waals surface area contributed by atoms with E-state index >= 15 is 0 Å². The van der Waals surface area contributed by atoms with Crippen LogP contribution in [0.15, 0.2) is 45.4 Å². The van der Waals surface area contributed by atoms with Crippen LogP contribution in [-0.2, 0) is 10.0 Å². The molecule has 0 unspecified atom stereocenters. The Kier molecular flexibility index (Phi) is 2.79. The van der Waals surface area contributed by atoms with Crippen molar-refractivity contribution in [3.8, 4) is 0 Å². The molecule has 3 aromatic rings. The van der Waals surface area contributed by atoms with Crippen LogP contribution in [0, 0.1) is 6.92 Å². The lowest BCUT2D eigenvalue weighted by Crippen LogP contribution is -2.11. The normalized spacial score (nSPS) is 11.8. The molecule has 98 valence electrons. The number of sulfonamides is 1. The van der Waals surface area contributed by atoms with Crippen LogP contribution in [0.4, 0.5) is 5.69 Å². The highest BCUT2D eigenvalue weighted by Crippen LogP contribution is 2.24. The summed E-state index contributed by atoms with van der Waals surface area (Å²) in [7, 11) is -3.53. The molecular formula is C12H10N2O3S2. The van der Waals surface area contributed by atoms with E-state index < -0.39 is 10.0 Å².